The number of phenolic OH excluding ortho intramolecular Hbond substituents is 1. The zero-order chi connectivity index (χ0) is 22.0. The number of sulfonamides is 1. The number of benzene rings is 3. The molecule has 1 aliphatic heterocycles. The molecule has 1 atom stereocenters. The van der Waals surface area contributed by atoms with Crippen LogP contribution in [0.5, 0.6) is 5.75 Å². The summed E-state index contributed by atoms with van der Waals surface area (Å²) < 4.78 is 27.8. The Morgan fingerprint density at radius 2 is 1.74 bits per heavy atom. The predicted molar refractivity (Wildman–Crippen MR) is 118 cm³/mol. The molecule has 1 unspecified atom stereocenters. The predicted octanol–water partition coefficient (Wildman–Crippen LogP) is 3.89. The van der Waals surface area contributed by atoms with E-state index in [0.29, 0.717) is 28.9 Å². The maximum atomic E-state index is 12.6. The molecule has 0 radical (unpaired) electrons. The number of phenols is 1. The first-order chi connectivity index (χ1) is 14.8. The van der Waals surface area contributed by atoms with Crippen molar-refractivity contribution in [2.45, 2.75) is 24.3 Å². The number of amides is 1. The Balaban J connectivity index is 1.62. The molecule has 7 nitrogen and oxygen atoms in total. The third-order valence-corrected chi connectivity index (χ3v) is 6.43. The van der Waals surface area contributed by atoms with Gasteiger partial charge < -0.3 is 5.11 Å². The number of nitrogens with zero attached hydrogens (tertiary/aromatic N) is 2. The van der Waals surface area contributed by atoms with E-state index in [2.05, 4.69) is 9.82 Å². The van der Waals surface area contributed by atoms with Gasteiger partial charge in [-0.2, -0.15) is 5.10 Å². The molecule has 0 saturated carbocycles. The van der Waals surface area contributed by atoms with E-state index in [1.165, 1.54) is 24.1 Å². The summed E-state index contributed by atoms with van der Waals surface area (Å²) in [4.78, 5) is 12.3. The van der Waals surface area contributed by atoms with Gasteiger partial charge in [-0.25, -0.2) is 13.4 Å². The number of para-hydroxylation sites is 1. The van der Waals surface area contributed by atoms with Gasteiger partial charge in [0, 0.05) is 24.6 Å². The van der Waals surface area contributed by atoms with E-state index >= 15 is 0 Å². The van der Waals surface area contributed by atoms with Gasteiger partial charge in [0.05, 0.1) is 16.6 Å². The smallest absolute Gasteiger partial charge is 0.261 e. The van der Waals surface area contributed by atoms with Crippen LogP contribution in [0.3, 0.4) is 0 Å². The second-order valence-corrected chi connectivity index (χ2v) is 8.87. The zero-order valence-corrected chi connectivity index (χ0v) is 17.6. The van der Waals surface area contributed by atoms with Crippen molar-refractivity contribution in [3.63, 3.8) is 0 Å². The van der Waals surface area contributed by atoms with E-state index in [1.54, 1.807) is 60.7 Å². The molecule has 4 rings (SSSR count). The fraction of sp³-hybridized carbons (Fsp3) is 0.130. The Kier molecular flexibility index (Phi) is 5.48. The second kappa shape index (κ2) is 8.23. The van der Waals surface area contributed by atoms with Crippen molar-refractivity contribution >= 4 is 27.3 Å². The first-order valence-corrected chi connectivity index (χ1v) is 11.2. The topological polar surface area (TPSA) is 99.1 Å². The highest BCUT2D eigenvalue weighted by Crippen LogP contribution is 2.37. The minimum absolute atomic E-state index is 0.0968. The van der Waals surface area contributed by atoms with Crippen molar-refractivity contribution < 1.29 is 18.3 Å². The van der Waals surface area contributed by atoms with Crippen molar-refractivity contribution in [1.29, 1.82) is 0 Å². The molecule has 3 aromatic carbocycles. The fourth-order valence-electron chi connectivity index (χ4n) is 3.56. The first kappa shape index (κ1) is 20.6. The Morgan fingerprint density at radius 1 is 1.03 bits per heavy atom. The number of rotatable bonds is 5. The molecule has 0 aromatic heterocycles. The van der Waals surface area contributed by atoms with Crippen molar-refractivity contribution in [2.75, 3.05) is 4.72 Å². The van der Waals surface area contributed by atoms with Gasteiger partial charge in [-0.05, 0) is 35.9 Å². The van der Waals surface area contributed by atoms with E-state index in [0.717, 1.165) is 0 Å². The van der Waals surface area contributed by atoms with E-state index < -0.39 is 16.1 Å². The van der Waals surface area contributed by atoms with Crippen LogP contribution in [0.2, 0.25) is 0 Å². The molecule has 2 N–H and O–H groups in total. The number of hydrogen-bond acceptors (Lipinski definition) is 5. The minimum Gasteiger partial charge on any atom is -0.508 e. The quantitative estimate of drug-likeness (QED) is 0.635. The van der Waals surface area contributed by atoms with Crippen LogP contribution >= 0.6 is 0 Å². The van der Waals surface area contributed by atoms with Gasteiger partial charge in [0.15, 0.2) is 0 Å². The number of hydrazone groups is 1. The highest BCUT2D eigenvalue weighted by Gasteiger charge is 2.33. The molecule has 1 aliphatic rings. The molecule has 3 aromatic rings. The standard InChI is InChI=1S/C23H21N3O4S/c1-16(27)26-22(20-12-5-6-13-23(20)28)15-21(24-26)17-8-7-9-18(14-17)25-31(29,30)19-10-3-2-4-11-19/h2-14,22,25,28H,15H2,1H3. The molecular weight excluding hydrogens is 414 g/mol. The average Bonchev–Trinajstić information content (AvgIpc) is 3.20. The summed E-state index contributed by atoms with van der Waals surface area (Å²) in [6.45, 7) is 1.42. The van der Waals surface area contributed by atoms with Gasteiger partial charge in [-0.3, -0.25) is 9.52 Å². The number of carbonyl (C=O) groups is 1. The molecule has 1 heterocycles. The van der Waals surface area contributed by atoms with Crippen molar-refractivity contribution in [3.05, 3.63) is 90.0 Å². The lowest BCUT2D eigenvalue weighted by Crippen LogP contribution is -2.24. The molecule has 8 heteroatoms. The average molecular weight is 436 g/mol. The molecule has 158 valence electrons. The summed E-state index contributed by atoms with van der Waals surface area (Å²) in [6.07, 6.45) is 0.395. The highest BCUT2D eigenvalue weighted by molar-refractivity contribution is 7.92. The SMILES string of the molecule is CC(=O)N1N=C(c2cccc(NS(=O)(=O)c3ccccc3)c2)CC1c1ccccc1O. The Hall–Kier alpha value is -3.65. The number of aromatic hydroxyl groups is 1. The summed E-state index contributed by atoms with van der Waals surface area (Å²) in [5.74, 6) is -0.149. The number of hydrogen-bond donors (Lipinski definition) is 2. The summed E-state index contributed by atoms with van der Waals surface area (Å²) in [5.41, 5.74) is 2.32. The first-order valence-electron chi connectivity index (χ1n) is 9.68. The highest BCUT2D eigenvalue weighted by atomic mass is 32.2. The summed E-state index contributed by atoms with van der Waals surface area (Å²) in [6, 6.07) is 21.4. The maximum absolute atomic E-state index is 12.6. The number of anilines is 1. The van der Waals surface area contributed by atoms with Crippen LogP contribution in [0.15, 0.2) is 88.9 Å². The zero-order valence-electron chi connectivity index (χ0n) is 16.8. The van der Waals surface area contributed by atoms with Gasteiger partial charge in [0.1, 0.15) is 5.75 Å². The van der Waals surface area contributed by atoms with Gasteiger partial charge >= 0.3 is 0 Å². The second-order valence-electron chi connectivity index (χ2n) is 7.19. The molecule has 0 bridgehead atoms. The van der Waals surface area contributed by atoms with Crippen LogP contribution in [0, 0.1) is 0 Å². The van der Waals surface area contributed by atoms with Gasteiger partial charge in [-0.15, -0.1) is 0 Å². The lowest BCUT2D eigenvalue weighted by molar-refractivity contribution is -0.130. The molecular formula is C23H21N3O4S. The molecule has 0 spiro atoms. The number of nitrogens with one attached hydrogen (secondary N) is 1. The summed E-state index contributed by atoms with van der Waals surface area (Å²) in [7, 11) is -3.72. The van der Waals surface area contributed by atoms with Crippen molar-refractivity contribution in [1.82, 2.24) is 5.01 Å². The largest absolute Gasteiger partial charge is 0.508 e. The monoisotopic (exact) mass is 435 g/mol. The van der Waals surface area contributed by atoms with E-state index in [-0.39, 0.29) is 16.6 Å². The third kappa shape index (κ3) is 4.29. The molecule has 31 heavy (non-hydrogen) atoms. The Labute approximate surface area is 180 Å². The lowest BCUT2D eigenvalue weighted by atomic mass is 9.97. The third-order valence-electron chi connectivity index (χ3n) is 5.03. The summed E-state index contributed by atoms with van der Waals surface area (Å²) in [5, 5.41) is 16.1. The van der Waals surface area contributed by atoms with E-state index in [9.17, 15) is 18.3 Å². The van der Waals surface area contributed by atoms with Gasteiger partial charge in [-0.1, -0.05) is 48.5 Å². The van der Waals surface area contributed by atoms with Crippen LogP contribution in [-0.4, -0.2) is 30.2 Å². The Bertz CT molecular complexity index is 1260. The van der Waals surface area contributed by atoms with Crippen LogP contribution in [0.4, 0.5) is 5.69 Å². The van der Waals surface area contributed by atoms with Gasteiger partial charge in [0.2, 0.25) is 5.91 Å². The molecule has 0 fully saturated rings. The number of carbonyl (C=O) groups excluding carboxylic acids is 1. The van der Waals surface area contributed by atoms with Crippen LogP contribution in [-0.2, 0) is 14.8 Å². The van der Waals surface area contributed by atoms with E-state index in [4.69, 9.17) is 0 Å². The van der Waals surface area contributed by atoms with Crippen LogP contribution < -0.4 is 4.72 Å². The van der Waals surface area contributed by atoms with Gasteiger partial charge in [0.25, 0.3) is 10.0 Å². The van der Waals surface area contributed by atoms with Crippen LogP contribution in [0.1, 0.15) is 30.5 Å². The van der Waals surface area contributed by atoms with Crippen molar-refractivity contribution in [3.8, 4) is 5.75 Å². The van der Waals surface area contributed by atoms with E-state index in [1.807, 2.05) is 6.07 Å². The van der Waals surface area contributed by atoms with Crippen LogP contribution in [0.25, 0.3) is 0 Å². The normalized spacial score (nSPS) is 16.1. The maximum Gasteiger partial charge on any atom is 0.261 e. The summed E-state index contributed by atoms with van der Waals surface area (Å²) >= 11 is 0. The van der Waals surface area contributed by atoms with Crippen molar-refractivity contribution in [2.24, 2.45) is 5.10 Å². The fourth-order valence-corrected chi connectivity index (χ4v) is 4.63. The molecule has 0 aliphatic carbocycles. The minimum atomic E-state index is -3.72. The Morgan fingerprint density at radius 3 is 2.45 bits per heavy atom. The molecule has 1 amide bonds. The lowest BCUT2D eigenvalue weighted by Gasteiger charge is -2.21. The molecule has 0 saturated heterocycles.